The number of anilines is 1. The Labute approximate surface area is 185 Å². The molecule has 31 heavy (non-hydrogen) atoms. The summed E-state index contributed by atoms with van der Waals surface area (Å²) in [5.74, 6) is 0.499. The number of nitrogens with one attached hydrogen (secondary N) is 2. The molecule has 5 heterocycles. The van der Waals surface area contributed by atoms with Crippen LogP contribution in [0.1, 0.15) is 26.7 Å². The topological polar surface area (TPSA) is 92.3 Å². The number of rotatable bonds is 3. The summed E-state index contributed by atoms with van der Waals surface area (Å²) in [6.45, 7) is 6.25. The van der Waals surface area contributed by atoms with Gasteiger partial charge in [-0.3, -0.25) is 5.10 Å². The largest absolute Gasteiger partial charge is 0.356 e. The minimum absolute atomic E-state index is 0.499. The highest BCUT2D eigenvalue weighted by Gasteiger charge is 2.69. The van der Waals surface area contributed by atoms with Crippen LogP contribution in [0.4, 0.5) is 5.95 Å². The van der Waals surface area contributed by atoms with E-state index in [1.807, 2.05) is 23.8 Å². The van der Waals surface area contributed by atoms with Crippen molar-refractivity contribution in [3.8, 4) is 22.4 Å². The number of aromatic nitrogens is 6. The molecule has 2 aliphatic heterocycles. The zero-order valence-electron chi connectivity index (χ0n) is 18.3. The van der Waals surface area contributed by atoms with Crippen molar-refractivity contribution in [3.05, 3.63) is 36.2 Å². The molecule has 9 heteroatoms. The van der Waals surface area contributed by atoms with Gasteiger partial charge in [0.2, 0.25) is 5.95 Å². The summed E-state index contributed by atoms with van der Waals surface area (Å²) in [4.78, 5) is 8.71. The van der Waals surface area contributed by atoms with Gasteiger partial charge in [-0.2, -0.15) is 5.10 Å². The molecule has 2 unspecified atom stereocenters. The first-order chi connectivity index (χ1) is 14.9. The van der Waals surface area contributed by atoms with Crippen LogP contribution < -0.4 is 5.32 Å². The third-order valence-electron chi connectivity index (χ3n) is 7.23. The molecule has 4 aromatic rings. The Hall–Kier alpha value is -2.91. The van der Waals surface area contributed by atoms with Crippen molar-refractivity contribution in [1.29, 1.82) is 0 Å². The standard InChI is InChI=1S/C14H11N7S.C8H16N/c1-15-14-16-6-11(20-21-14)10-3-2-9(8-4-18-19-5-8)12-13(10)22-7-17-12;1-7-4-5-8(2)6-9(7,8)3/h2-7H,1H3,(H,18,19)(H,15,16,21);7H,4-6H2,1-3H3/q;+1/t;7?,8-,9?/m.1/s1. The summed E-state index contributed by atoms with van der Waals surface area (Å²) in [7, 11) is 4.16. The molecule has 0 radical (unpaired) electrons. The minimum Gasteiger partial charge on any atom is -0.356 e. The average Bonchev–Trinajstić information content (AvgIpc) is 3.31. The molecule has 0 aliphatic carbocycles. The van der Waals surface area contributed by atoms with Gasteiger partial charge in [0.25, 0.3) is 0 Å². The first-order valence-electron chi connectivity index (χ1n) is 10.5. The van der Waals surface area contributed by atoms with Gasteiger partial charge in [0.05, 0.1) is 41.2 Å². The van der Waals surface area contributed by atoms with E-state index in [4.69, 9.17) is 0 Å². The van der Waals surface area contributed by atoms with E-state index in [0.717, 1.165) is 38.6 Å². The van der Waals surface area contributed by atoms with Crippen LogP contribution in [0.15, 0.2) is 36.2 Å². The van der Waals surface area contributed by atoms with Crippen molar-refractivity contribution in [2.45, 2.75) is 38.3 Å². The molecule has 2 saturated heterocycles. The van der Waals surface area contributed by atoms with Crippen LogP contribution in [0.2, 0.25) is 0 Å². The first-order valence-corrected chi connectivity index (χ1v) is 11.4. The number of H-pyrrole nitrogens is 1. The molecule has 0 amide bonds. The van der Waals surface area contributed by atoms with Gasteiger partial charge in [0.15, 0.2) is 0 Å². The van der Waals surface area contributed by atoms with Crippen LogP contribution in [0, 0.1) is 0 Å². The monoisotopic (exact) mass is 435 g/mol. The summed E-state index contributed by atoms with van der Waals surface area (Å²) in [6, 6.07) is 4.98. The average molecular weight is 436 g/mol. The summed E-state index contributed by atoms with van der Waals surface area (Å²) in [6.07, 6.45) is 8.27. The molecule has 0 bridgehead atoms. The Morgan fingerprint density at radius 2 is 2.03 bits per heavy atom. The molecule has 8 nitrogen and oxygen atoms in total. The van der Waals surface area contributed by atoms with Crippen LogP contribution in [-0.4, -0.2) is 67.1 Å². The molecule has 2 aliphatic rings. The fourth-order valence-corrected chi connectivity index (χ4v) is 5.63. The predicted molar refractivity (Wildman–Crippen MR) is 124 cm³/mol. The lowest BCUT2D eigenvalue weighted by atomic mass is 10.0. The van der Waals surface area contributed by atoms with Crippen molar-refractivity contribution in [2.24, 2.45) is 0 Å². The van der Waals surface area contributed by atoms with Gasteiger partial charge in [0.1, 0.15) is 17.8 Å². The second kappa shape index (κ2) is 7.35. The number of hydrogen-bond acceptors (Lipinski definition) is 7. The third kappa shape index (κ3) is 3.28. The molecular weight excluding hydrogens is 408 g/mol. The van der Waals surface area contributed by atoms with Gasteiger partial charge in [-0.25, -0.2) is 9.97 Å². The number of nitrogens with zero attached hydrogens (tertiary/aromatic N) is 6. The van der Waals surface area contributed by atoms with Crippen molar-refractivity contribution >= 4 is 27.5 Å². The molecule has 2 N–H and O–H groups in total. The van der Waals surface area contributed by atoms with Crippen LogP contribution in [-0.2, 0) is 0 Å². The number of benzene rings is 1. The number of aromatic amines is 1. The van der Waals surface area contributed by atoms with Gasteiger partial charge in [0, 0.05) is 42.8 Å². The van der Waals surface area contributed by atoms with E-state index >= 15 is 0 Å². The SMILES string of the molecule is CC1CC[C@]2(C)C[N+]12C.CNc1ncc(-c2ccc(-c3cn[nH]c3)c3ncsc23)nn1. The van der Waals surface area contributed by atoms with Crippen LogP contribution in [0.25, 0.3) is 32.6 Å². The first kappa shape index (κ1) is 20.0. The molecule has 3 aromatic heterocycles. The highest BCUT2D eigenvalue weighted by atomic mass is 32.1. The maximum atomic E-state index is 4.49. The normalized spacial score (nSPS) is 26.3. The molecule has 0 saturated carbocycles. The summed E-state index contributed by atoms with van der Waals surface area (Å²) in [5, 5.41) is 18.0. The van der Waals surface area contributed by atoms with Gasteiger partial charge < -0.3 is 9.80 Å². The van der Waals surface area contributed by atoms with Gasteiger partial charge in [-0.15, -0.1) is 21.5 Å². The Balaban J connectivity index is 0.000000189. The maximum absolute atomic E-state index is 4.49. The van der Waals surface area contributed by atoms with Crippen molar-refractivity contribution in [1.82, 2.24) is 30.4 Å². The van der Waals surface area contributed by atoms with Crippen molar-refractivity contribution in [2.75, 3.05) is 26.0 Å². The van der Waals surface area contributed by atoms with Gasteiger partial charge in [-0.05, 0) is 13.8 Å². The lowest BCUT2D eigenvalue weighted by Crippen LogP contribution is -2.31. The second-order valence-corrected chi connectivity index (χ2v) is 9.76. The maximum Gasteiger partial charge on any atom is 0.242 e. The van der Waals surface area contributed by atoms with Crippen molar-refractivity contribution in [3.63, 3.8) is 0 Å². The number of thiazole rings is 1. The number of likely N-dealkylation sites (N-methyl/N-ethyl adjacent to an activating group) is 1. The van der Waals surface area contributed by atoms with Crippen LogP contribution in [0.3, 0.4) is 0 Å². The lowest BCUT2D eigenvalue weighted by Gasteiger charge is -2.17. The molecule has 1 aromatic carbocycles. The molecule has 3 atom stereocenters. The Kier molecular flexibility index (Phi) is 4.75. The highest BCUT2D eigenvalue weighted by molar-refractivity contribution is 7.17. The Morgan fingerprint density at radius 3 is 2.58 bits per heavy atom. The fourth-order valence-electron chi connectivity index (χ4n) is 4.80. The zero-order valence-corrected chi connectivity index (χ0v) is 19.1. The predicted octanol–water partition coefficient (Wildman–Crippen LogP) is 3.97. The highest BCUT2D eigenvalue weighted by Crippen LogP contribution is 2.53. The lowest BCUT2D eigenvalue weighted by molar-refractivity contribution is -0.820. The summed E-state index contributed by atoms with van der Waals surface area (Å²) >= 11 is 1.58. The fraction of sp³-hybridized carbons (Fsp3) is 0.409. The number of piperidine rings is 1. The molecule has 2 fully saturated rings. The quantitative estimate of drug-likeness (QED) is 0.374. The smallest absolute Gasteiger partial charge is 0.242 e. The van der Waals surface area contributed by atoms with E-state index < -0.39 is 0 Å². The minimum atomic E-state index is 0.499. The van der Waals surface area contributed by atoms with Crippen molar-refractivity contribution < 1.29 is 4.48 Å². The van der Waals surface area contributed by atoms with E-state index in [9.17, 15) is 0 Å². The van der Waals surface area contributed by atoms with Crippen LogP contribution in [0.5, 0.6) is 0 Å². The van der Waals surface area contributed by atoms with E-state index in [1.165, 1.54) is 23.9 Å². The van der Waals surface area contributed by atoms with E-state index in [2.05, 4.69) is 56.6 Å². The summed E-state index contributed by atoms with van der Waals surface area (Å²) < 4.78 is 2.43. The van der Waals surface area contributed by atoms with Crippen LogP contribution >= 0.6 is 11.3 Å². The van der Waals surface area contributed by atoms with E-state index in [-0.39, 0.29) is 0 Å². The second-order valence-electron chi connectivity index (χ2n) is 8.91. The Morgan fingerprint density at radius 1 is 1.19 bits per heavy atom. The van der Waals surface area contributed by atoms with Gasteiger partial charge >= 0.3 is 0 Å². The number of hydrogen-bond donors (Lipinski definition) is 2. The third-order valence-corrected chi connectivity index (χ3v) is 8.09. The van der Waals surface area contributed by atoms with E-state index in [0.29, 0.717) is 11.5 Å². The number of quaternary nitrogens is 1. The number of fused-ring (bicyclic) bond motifs is 2. The van der Waals surface area contributed by atoms with E-state index in [1.54, 1.807) is 30.8 Å². The molecule has 160 valence electrons. The zero-order chi connectivity index (χ0) is 21.6. The molecular formula is C22H27N8S+. The molecule has 6 rings (SSSR count). The molecule has 0 spiro atoms. The Bertz CT molecular complexity index is 1200. The van der Waals surface area contributed by atoms with Gasteiger partial charge in [-0.1, -0.05) is 12.1 Å². The summed E-state index contributed by atoms with van der Waals surface area (Å²) in [5.41, 5.74) is 7.24.